The lowest BCUT2D eigenvalue weighted by Gasteiger charge is -2.04. The predicted molar refractivity (Wildman–Crippen MR) is 40.8 cm³/mol. The van der Waals surface area contributed by atoms with Gasteiger partial charge in [0.2, 0.25) is 0 Å². The van der Waals surface area contributed by atoms with Gasteiger partial charge in [-0.25, -0.2) is 0 Å². The lowest BCUT2D eigenvalue weighted by molar-refractivity contribution is -0.118. The molecule has 0 aromatic heterocycles. The molecule has 0 radical (unpaired) electrons. The molecular formula is C8H13NO. The fourth-order valence-electron chi connectivity index (χ4n) is 1.23. The third-order valence-electron chi connectivity index (χ3n) is 1.85. The number of carbonyl (C=O) groups excluding carboxylic acids is 1. The normalized spacial score (nSPS) is 24.7. The maximum absolute atomic E-state index is 11.2. The van der Waals surface area contributed by atoms with E-state index in [0.717, 1.165) is 19.5 Å². The Labute approximate surface area is 61.3 Å². The Hall–Kier alpha value is -0.630. The van der Waals surface area contributed by atoms with Crippen LogP contribution in [0.25, 0.3) is 0 Å². The van der Waals surface area contributed by atoms with Crippen LogP contribution in [0.4, 0.5) is 0 Å². The second-order valence-corrected chi connectivity index (χ2v) is 2.83. The number of ketones is 1. The van der Waals surface area contributed by atoms with Crippen LogP contribution >= 0.6 is 0 Å². The van der Waals surface area contributed by atoms with Crippen molar-refractivity contribution in [3.63, 3.8) is 0 Å². The number of hydrogen-bond acceptors (Lipinski definition) is 2. The van der Waals surface area contributed by atoms with Crippen molar-refractivity contribution in [1.82, 2.24) is 5.32 Å². The number of Topliss-reactive ketones (excluding diaryl/α,β-unsaturated/α-hetero) is 1. The van der Waals surface area contributed by atoms with Gasteiger partial charge in [0.15, 0.2) is 5.78 Å². The summed E-state index contributed by atoms with van der Waals surface area (Å²) in [5, 5.41) is 3.15. The lowest BCUT2D eigenvalue weighted by Crippen LogP contribution is -2.17. The van der Waals surface area contributed by atoms with E-state index in [-0.39, 0.29) is 11.7 Å². The summed E-state index contributed by atoms with van der Waals surface area (Å²) in [6, 6.07) is 0. The minimum atomic E-state index is 0.206. The molecular weight excluding hydrogens is 126 g/mol. The summed E-state index contributed by atoms with van der Waals surface area (Å²) >= 11 is 0. The fraction of sp³-hybridized carbons (Fsp3) is 0.625. The van der Waals surface area contributed by atoms with Crippen molar-refractivity contribution in [3.8, 4) is 0 Å². The van der Waals surface area contributed by atoms with Gasteiger partial charge < -0.3 is 5.32 Å². The molecule has 1 fully saturated rings. The summed E-state index contributed by atoms with van der Waals surface area (Å²) < 4.78 is 0. The third-order valence-corrected chi connectivity index (χ3v) is 1.85. The first-order valence-corrected chi connectivity index (χ1v) is 3.62. The molecule has 2 heteroatoms. The van der Waals surface area contributed by atoms with Gasteiger partial charge in [-0.05, 0) is 25.5 Å². The Bertz CT molecular complexity index is 157. The van der Waals surface area contributed by atoms with Crippen molar-refractivity contribution in [1.29, 1.82) is 0 Å². The molecule has 2 nitrogen and oxygen atoms in total. The molecule has 0 unspecified atom stereocenters. The maximum Gasteiger partial charge on any atom is 0.162 e. The van der Waals surface area contributed by atoms with E-state index in [9.17, 15) is 4.79 Å². The van der Waals surface area contributed by atoms with Gasteiger partial charge in [0.05, 0.1) is 0 Å². The molecule has 0 bridgehead atoms. The molecule has 1 aliphatic heterocycles. The number of rotatable bonds is 2. The van der Waals surface area contributed by atoms with Crippen LogP contribution < -0.4 is 5.32 Å². The molecule has 10 heavy (non-hydrogen) atoms. The van der Waals surface area contributed by atoms with Crippen molar-refractivity contribution in [2.75, 3.05) is 13.1 Å². The Morgan fingerprint density at radius 1 is 1.70 bits per heavy atom. The Morgan fingerprint density at radius 2 is 2.40 bits per heavy atom. The summed E-state index contributed by atoms with van der Waals surface area (Å²) in [4.78, 5) is 11.2. The van der Waals surface area contributed by atoms with Gasteiger partial charge in [0, 0.05) is 12.5 Å². The van der Waals surface area contributed by atoms with Gasteiger partial charge in [-0.2, -0.15) is 0 Å². The van der Waals surface area contributed by atoms with Crippen LogP contribution in [0.1, 0.15) is 13.3 Å². The van der Waals surface area contributed by atoms with Crippen LogP contribution in [0.2, 0.25) is 0 Å². The first kappa shape index (κ1) is 7.48. The average Bonchev–Trinajstić information content (AvgIpc) is 2.36. The van der Waals surface area contributed by atoms with E-state index in [1.807, 2.05) is 0 Å². The molecule has 1 saturated heterocycles. The predicted octanol–water partition coefficient (Wildman–Crippen LogP) is 0.741. The second kappa shape index (κ2) is 2.97. The number of nitrogens with one attached hydrogen (secondary N) is 1. The Balaban J connectivity index is 2.48. The molecule has 56 valence electrons. The van der Waals surface area contributed by atoms with E-state index in [1.165, 1.54) is 0 Å². The molecule has 0 spiro atoms. The van der Waals surface area contributed by atoms with Crippen LogP contribution in [-0.2, 0) is 4.79 Å². The van der Waals surface area contributed by atoms with Gasteiger partial charge in [-0.15, -0.1) is 0 Å². The summed E-state index contributed by atoms with van der Waals surface area (Å²) in [5.74, 6) is 0.433. The molecule has 0 aromatic rings. The smallest absolute Gasteiger partial charge is 0.162 e. The van der Waals surface area contributed by atoms with E-state index >= 15 is 0 Å². The summed E-state index contributed by atoms with van der Waals surface area (Å²) in [5.41, 5.74) is 0.689. The highest BCUT2D eigenvalue weighted by molar-refractivity contribution is 5.96. The van der Waals surface area contributed by atoms with Crippen LogP contribution in [0.5, 0.6) is 0 Å². The highest BCUT2D eigenvalue weighted by atomic mass is 16.1. The SMILES string of the molecule is C=C(C)C(=O)[C@@H]1CCNC1. The lowest BCUT2D eigenvalue weighted by atomic mass is 9.99. The van der Waals surface area contributed by atoms with Crippen LogP contribution in [0.15, 0.2) is 12.2 Å². The van der Waals surface area contributed by atoms with Gasteiger partial charge in [-0.1, -0.05) is 6.58 Å². The average molecular weight is 139 g/mol. The van der Waals surface area contributed by atoms with Crippen molar-refractivity contribution >= 4 is 5.78 Å². The van der Waals surface area contributed by atoms with Gasteiger partial charge in [-0.3, -0.25) is 4.79 Å². The summed E-state index contributed by atoms with van der Waals surface area (Å²) in [6.45, 7) is 7.22. The van der Waals surface area contributed by atoms with E-state index in [2.05, 4.69) is 11.9 Å². The van der Waals surface area contributed by atoms with E-state index in [1.54, 1.807) is 6.92 Å². The molecule has 0 aromatic carbocycles. The molecule has 0 amide bonds. The summed E-state index contributed by atoms with van der Waals surface area (Å²) in [6.07, 6.45) is 0.978. The van der Waals surface area contributed by atoms with Crippen LogP contribution in [0.3, 0.4) is 0 Å². The van der Waals surface area contributed by atoms with Crippen molar-refractivity contribution in [3.05, 3.63) is 12.2 Å². The fourth-order valence-corrected chi connectivity index (χ4v) is 1.23. The maximum atomic E-state index is 11.2. The number of hydrogen-bond donors (Lipinski definition) is 1. The zero-order valence-corrected chi connectivity index (χ0v) is 6.31. The first-order valence-electron chi connectivity index (χ1n) is 3.62. The quantitative estimate of drug-likeness (QED) is 0.572. The highest BCUT2D eigenvalue weighted by Gasteiger charge is 2.21. The Kier molecular flexibility index (Phi) is 2.22. The minimum absolute atomic E-state index is 0.206. The summed E-state index contributed by atoms with van der Waals surface area (Å²) in [7, 11) is 0. The molecule has 1 heterocycles. The molecule has 1 N–H and O–H groups in total. The van der Waals surface area contributed by atoms with Crippen molar-refractivity contribution < 1.29 is 4.79 Å². The topological polar surface area (TPSA) is 29.1 Å². The number of allylic oxidation sites excluding steroid dienone is 1. The molecule has 1 atom stereocenters. The van der Waals surface area contributed by atoms with Crippen LogP contribution in [0, 0.1) is 5.92 Å². The van der Waals surface area contributed by atoms with Crippen molar-refractivity contribution in [2.24, 2.45) is 5.92 Å². The molecule has 0 saturated carbocycles. The number of carbonyl (C=O) groups is 1. The largest absolute Gasteiger partial charge is 0.316 e. The zero-order chi connectivity index (χ0) is 7.56. The third kappa shape index (κ3) is 1.45. The van der Waals surface area contributed by atoms with Gasteiger partial charge in [0.25, 0.3) is 0 Å². The van der Waals surface area contributed by atoms with Gasteiger partial charge >= 0.3 is 0 Å². The van der Waals surface area contributed by atoms with Gasteiger partial charge in [0.1, 0.15) is 0 Å². The van der Waals surface area contributed by atoms with E-state index in [4.69, 9.17) is 0 Å². The van der Waals surface area contributed by atoms with Crippen LogP contribution in [-0.4, -0.2) is 18.9 Å². The molecule has 1 rings (SSSR count). The first-order chi connectivity index (χ1) is 4.72. The highest BCUT2D eigenvalue weighted by Crippen LogP contribution is 2.12. The second-order valence-electron chi connectivity index (χ2n) is 2.83. The van der Waals surface area contributed by atoms with Crippen molar-refractivity contribution in [2.45, 2.75) is 13.3 Å². The zero-order valence-electron chi connectivity index (χ0n) is 6.31. The molecule has 0 aliphatic carbocycles. The Morgan fingerprint density at radius 3 is 2.80 bits per heavy atom. The monoisotopic (exact) mass is 139 g/mol. The van der Waals surface area contributed by atoms with E-state index < -0.39 is 0 Å². The standard InChI is InChI=1S/C8H13NO/c1-6(2)8(10)7-3-4-9-5-7/h7,9H,1,3-5H2,2H3/t7-/m1/s1. The minimum Gasteiger partial charge on any atom is -0.316 e. The van der Waals surface area contributed by atoms with E-state index in [0.29, 0.717) is 5.57 Å². The molecule has 1 aliphatic rings.